The average Bonchev–Trinajstić information content (AvgIpc) is 2.41. The second kappa shape index (κ2) is 5.50. The van der Waals surface area contributed by atoms with Gasteiger partial charge >= 0.3 is 0 Å². The molecular weight excluding hydrogens is 274 g/mol. The van der Waals surface area contributed by atoms with Gasteiger partial charge in [0.05, 0.1) is 16.3 Å². The van der Waals surface area contributed by atoms with Crippen LogP contribution < -0.4 is 10.5 Å². The SMILES string of the molecule is CCc1ccc(S(=O)(=O)Nc2cccnc2C)cc1N. The lowest BCUT2D eigenvalue weighted by Gasteiger charge is -2.11. The van der Waals surface area contributed by atoms with E-state index in [1.807, 2.05) is 6.92 Å². The first-order valence-electron chi connectivity index (χ1n) is 6.27. The molecule has 1 heterocycles. The van der Waals surface area contributed by atoms with Crippen molar-refractivity contribution in [2.45, 2.75) is 25.2 Å². The Morgan fingerprint density at radius 3 is 2.65 bits per heavy atom. The first-order valence-corrected chi connectivity index (χ1v) is 7.75. The highest BCUT2D eigenvalue weighted by Crippen LogP contribution is 2.22. The number of aryl methyl sites for hydroxylation is 2. The zero-order chi connectivity index (χ0) is 14.8. The molecule has 0 atom stereocenters. The number of benzene rings is 1. The number of nitrogen functional groups attached to an aromatic ring is 1. The van der Waals surface area contributed by atoms with Crippen molar-refractivity contribution in [3.63, 3.8) is 0 Å². The van der Waals surface area contributed by atoms with E-state index in [-0.39, 0.29) is 4.90 Å². The number of nitrogens with one attached hydrogen (secondary N) is 1. The Bertz CT molecular complexity index is 727. The lowest BCUT2D eigenvalue weighted by molar-refractivity contribution is 0.601. The lowest BCUT2D eigenvalue weighted by Crippen LogP contribution is -2.14. The van der Waals surface area contributed by atoms with Crippen LogP contribution in [0.1, 0.15) is 18.2 Å². The average molecular weight is 291 g/mol. The fraction of sp³-hybridized carbons (Fsp3) is 0.214. The molecular formula is C14H17N3O2S. The minimum absolute atomic E-state index is 0.149. The number of nitrogens with zero attached hydrogens (tertiary/aromatic N) is 1. The van der Waals surface area contributed by atoms with Gasteiger partial charge in [0, 0.05) is 11.9 Å². The van der Waals surface area contributed by atoms with Crippen molar-refractivity contribution in [3.8, 4) is 0 Å². The Morgan fingerprint density at radius 1 is 1.30 bits per heavy atom. The standard InChI is InChI=1S/C14H17N3O2S/c1-3-11-6-7-12(9-13(11)15)20(18,19)17-14-5-4-8-16-10(14)2/h4-9,17H,3,15H2,1-2H3. The highest BCUT2D eigenvalue weighted by molar-refractivity contribution is 7.92. The van der Waals surface area contributed by atoms with Gasteiger partial charge in [-0.15, -0.1) is 0 Å². The Kier molecular flexibility index (Phi) is 3.94. The van der Waals surface area contributed by atoms with Crippen LogP contribution in [0.25, 0.3) is 0 Å². The molecule has 0 bridgehead atoms. The Labute approximate surface area is 118 Å². The van der Waals surface area contributed by atoms with E-state index < -0.39 is 10.0 Å². The Balaban J connectivity index is 2.36. The molecule has 1 aromatic carbocycles. The van der Waals surface area contributed by atoms with E-state index >= 15 is 0 Å². The van der Waals surface area contributed by atoms with Crippen molar-refractivity contribution in [1.29, 1.82) is 0 Å². The number of aromatic nitrogens is 1. The van der Waals surface area contributed by atoms with Gasteiger partial charge < -0.3 is 5.73 Å². The number of hydrogen-bond acceptors (Lipinski definition) is 4. The van der Waals surface area contributed by atoms with Crippen LogP contribution in [0.4, 0.5) is 11.4 Å². The van der Waals surface area contributed by atoms with Crippen LogP contribution in [-0.4, -0.2) is 13.4 Å². The first kappa shape index (κ1) is 14.3. The summed E-state index contributed by atoms with van der Waals surface area (Å²) in [6, 6.07) is 8.12. The predicted molar refractivity (Wildman–Crippen MR) is 80.0 cm³/mol. The highest BCUT2D eigenvalue weighted by Gasteiger charge is 2.16. The number of pyridine rings is 1. The molecule has 0 aliphatic rings. The van der Waals surface area contributed by atoms with Crippen LogP contribution in [0.15, 0.2) is 41.4 Å². The second-order valence-electron chi connectivity index (χ2n) is 4.46. The minimum Gasteiger partial charge on any atom is -0.398 e. The van der Waals surface area contributed by atoms with Gasteiger partial charge in [0.25, 0.3) is 10.0 Å². The second-order valence-corrected chi connectivity index (χ2v) is 6.14. The van der Waals surface area contributed by atoms with Crippen molar-refractivity contribution >= 4 is 21.4 Å². The lowest BCUT2D eigenvalue weighted by atomic mass is 10.1. The van der Waals surface area contributed by atoms with Crippen LogP contribution in [0, 0.1) is 6.92 Å². The van der Waals surface area contributed by atoms with Crippen molar-refractivity contribution < 1.29 is 8.42 Å². The van der Waals surface area contributed by atoms with Crippen LogP contribution in [-0.2, 0) is 16.4 Å². The van der Waals surface area contributed by atoms with Gasteiger partial charge in [-0.1, -0.05) is 13.0 Å². The summed E-state index contributed by atoms with van der Waals surface area (Å²) in [5.74, 6) is 0. The quantitative estimate of drug-likeness (QED) is 0.847. The van der Waals surface area contributed by atoms with Gasteiger partial charge in [0.2, 0.25) is 0 Å². The summed E-state index contributed by atoms with van der Waals surface area (Å²) in [5.41, 5.74) is 8.35. The molecule has 1 aromatic heterocycles. The van der Waals surface area contributed by atoms with Crippen molar-refractivity contribution in [1.82, 2.24) is 4.98 Å². The topological polar surface area (TPSA) is 85.1 Å². The molecule has 3 N–H and O–H groups in total. The van der Waals surface area contributed by atoms with E-state index in [1.54, 1.807) is 37.4 Å². The molecule has 0 radical (unpaired) electrons. The molecule has 2 aromatic rings. The minimum atomic E-state index is -3.65. The van der Waals surface area contributed by atoms with Crippen molar-refractivity contribution in [3.05, 3.63) is 47.8 Å². The van der Waals surface area contributed by atoms with Gasteiger partial charge in [-0.2, -0.15) is 0 Å². The van der Waals surface area contributed by atoms with E-state index in [2.05, 4.69) is 9.71 Å². The molecule has 0 aliphatic carbocycles. The molecule has 0 saturated heterocycles. The summed E-state index contributed by atoms with van der Waals surface area (Å²) in [4.78, 5) is 4.20. The number of rotatable bonds is 4. The number of hydrogen-bond donors (Lipinski definition) is 2. The molecule has 0 unspecified atom stereocenters. The third kappa shape index (κ3) is 2.91. The molecule has 0 amide bonds. The molecule has 20 heavy (non-hydrogen) atoms. The van der Waals surface area contributed by atoms with Crippen LogP contribution >= 0.6 is 0 Å². The summed E-state index contributed by atoms with van der Waals surface area (Å²) >= 11 is 0. The van der Waals surface area contributed by atoms with Crippen LogP contribution in [0.5, 0.6) is 0 Å². The number of nitrogens with two attached hydrogens (primary N) is 1. The third-order valence-electron chi connectivity index (χ3n) is 3.06. The molecule has 2 rings (SSSR count). The maximum Gasteiger partial charge on any atom is 0.262 e. The van der Waals surface area contributed by atoms with Crippen molar-refractivity contribution in [2.24, 2.45) is 0 Å². The van der Waals surface area contributed by atoms with E-state index in [4.69, 9.17) is 5.73 Å². The molecule has 106 valence electrons. The zero-order valence-electron chi connectivity index (χ0n) is 11.4. The van der Waals surface area contributed by atoms with E-state index in [0.717, 1.165) is 12.0 Å². The largest absolute Gasteiger partial charge is 0.398 e. The fourth-order valence-corrected chi connectivity index (χ4v) is 3.01. The molecule has 0 aliphatic heterocycles. The zero-order valence-corrected chi connectivity index (χ0v) is 12.2. The summed E-state index contributed by atoms with van der Waals surface area (Å²) in [7, 11) is -3.65. The molecule has 0 saturated carbocycles. The number of anilines is 2. The maximum atomic E-state index is 12.3. The smallest absolute Gasteiger partial charge is 0.262 e. The Hall–Kier alpha value is -2.08. The molecule has 0 fully saturated rings. The fourth-order valence-electron chi connectivity index (χ4n) is 1.86. The monoisotopic (exact) mass is 291 g/mol. The Morgan fingerprint density at radius 2 is 2.05 bits per heavy atom. The van der Waals surface area contributed by atoms with Gasteiger partial charge in [0.15, 0.2) is 0 Å². The van der Waals surface area contributed by atoms with Gasteiger partial charge in [-0.3, -0.25) is 9.71 Å². The first-order chi connectivity index (χ1) is 9.44. The van der Waals surface area contributed by atoms with Crippen LogP contribution in [0.2, 0.25) is 0 Å². The van der Waals surface area contributed by atoms with Crippen molar-refractivity contribution in [2.75, 3.05) is 10.5 Å². The van der Waals surface area contributed by atoms with Gasteiger partial charge in [0.1, 0.15) is 0 Å². The predicted octanol–water partition coefficient (Wildman–Crippen LogP) is 2.34. The van der Waals surface area contributed by atoms with E-state index in [9.17, 15) is 8.42 Å². The normalized spacial score (nSPS) is 11.3. The molecule has 6 heteroatoms. The van der Waals surface area contributed by atoms with E-state index in [0.29, 0.717) is 17.1 Å². The summed E-state index contributed by atoms with van der Waals surface area (Å²) < 4.78 is 27.1. The molecule has 5 nitrogen and oxygen atoms in total. The van der Waals surface area contributed by atoms with Crippen LogP contribution in [0.3, 0.4) is 0 Å². The van der Waals surface area contributed by atoms with E-state index in [1.165, 1.54) is 6.07 Å². The summed E-state index contributed by atoms with van der Waals surface area (Å²) in [6.45, 7) is 3.71. The molecule has 0 spiro atoms. The number of sulfonamides is 1. The summed E-state index contributed by atoms with van der Waals surface area (Å²) in [5, 5.41) is 0. The van der Waals surface area contributed by atoms with Gasteiger partial charge in [-0.05, 0) is 43.2 Å². The summed E-state index contributed by atoms with van der Waals surface area (Å²) in [6.07, 6.45) is 2.38. The van der Waals surface area contributed by atoms with Gasteiger partial charge in [-0.25, -0.2) is 8.42 Å². The third-order valence-corrected chi connectivity index (χ3v) is 4.42. The highest BCUT2D eigenvalue weighted by atomic mass is 32.2. The maximum absolute atomic E-state index is 12.3.